The summed E-state index contributed by atoms with van der Waals surface area (Å²) in [6.07, 6.45) is 4.70. The van der Waals surface area contributed by atoms with Crippen LogP contribution in [-0.4, -0.2) is 68.1 Å². The number of hydrogen-bond acceptors (Lipinski definition) is 6. The smallest absolute Gasteiger partial charge is 0.268 e. The summed E-state index contributed by atoms with van der Waals surface area (Å²) in [5, 5.41) is 8.74. The second kappa shape index (κ2) is 12.3. The topological polar surface area (TPSA) is 94.9 Å². The summed E-state index contributed by atoms with van der Waals surface area (Å²) in [5.41, 5.74) is 1.67. The Morgan fingerprint density at radius 3 is 2.83 bits per heavy atom. The van der Waals surface area contributed by atoms with Crippen LogP contribution in [-0.2, 0) is 21.1 Å². The molecule has 3 rings (SSSR count). The number of nitrogens with zero attached hydrogens (tertiary/aromatic N) is 3. The monoisotopic (exact) mass is 502 g/mol. The van der Waals surface area contributed by atoms with Gasteiger partial charge in [-0.3, -0.25) is 14.4 Å². The molecular formula is C25H38N4O5Si. The van der Waals surface area contributed by atoms with Crippen LogP contribution in [0.25, 0.3) is 11.3 Å². The van der Waals surface area contributed by atoms with Gasteiger partial charge < -0.3 is 14.8 Å². The molecule has 0 unspecified atom stereocenters. The largest absolute Gasteiger partial charge is 0.494 e. The van der Waals surface area contributed by atoms with Crippen LogP contribution in [0.2, 0.25) is 25.7 Å². The summed E-state index contributed by atoms with van der Waals surface area (Å²) in [6, 6.07) is 7.93. The molecular weight excluding hydrogens is 464 g/mol. The molecule has 2 aromatic rings. The summed E-state index contributed by atoms with van der Waals surface area (Å²) in [4.78, 5) is 31.4. The normalized spacial score (nSPS) is 17.1. The molecule has 1 aromatic heterocycles. The lowest BCUT2D eigenvalue weighted by Gasteiger charge is -2.23. The Hall–Kier alpha value is -2.69. The highest BCUT2D eigenvalue weighted by Crippen LogP contribution is 2.27. The van der Waals surface area contributed by atoms with Crippen molar-refractivity contribution in [3.8, 4) is 17.0 Å². The zero-order chi connectivity index (χ0) is 25.4. The third kappa shape index (κ3) is 7.91. The van der Waals surface area contributed by atoms with Gasteiger partial charge in [-0.2, -0.15) is 5.10 Å². The zero-order valence-electron chi connectivity index (χ0n) is 21.5. The molecule has 10 heteroatoms. The highest BCUT2D eigenvalue weighted by Gasteiger charge is 2.27. The molecule has 0 aliphatic carbocycles. The van der Waals surface area contributed by atoms with E-state index >= 15 is 0 Å². The molecule has 0 radical (unpaired) electrons. The third-order valence-corrected chi connectivity index (χ3v) is 7.63. The highest BCUT2D eigenvalue weighted by atomic mass is 28.3. The van der Waals surface area contributed by atoms with Gasteiger partial charge in [0.15, 0.2) is 0 Å². The summed E-state index contributed by atoms with van der Waals surface area (Å²) in [6.45, 7) is 8.38. The zero-order valence-corrected chi connectivity index (χ0v) is 22.5. The molecule has 1 aromatic carbocycles. The fourth-order valence-corrected chi connectivity index (χ4v) is 4.51. The van der Waals surface area contributed by atoms with Crippen molar-refractivity contribution >= 4 is 19.9 Å². The number of likely N-dealkylation sites (N-methyl/N-ethyl adjacent to an activating group) is 1. The van der Waals surface area contributed by atoms with Crippen LogP contribution < -0.4 is 10.1 Å². The van der Waals surface area contributed by atoms with Gasteiger partial charge in [0, 0.05) is 33.5 Å². The van der Waals surface area contributed by atoms with Crippen molar-refractivity contribution in [2.45, 2.75) is 64.1 Å². The molecule has 0 saturated heterocycles. The van der Waals surface area contributed by atoms with Crippen LogP contribution in [0, 0.1) is 0 Å². The van der Waals surface area contributed by atoms with Crippen LogP contribution in [0.5, 0.6) is 5.75 Å². The number of nitrogens with one attached hydrogen (secondary N) is 1. The van der Waals surface area contributed by atoms with Crippen LogP contribution in [0.1, 0.15) is 36.0 Å². The maximum Gasteiger partial charge on any atom is 0.268 e. The lowest BCUT2D eigenvalue weighted by molar-refractivity contribution is -0.171. The molecule has 1 N–H and O–H groups in total. The molecule has 0 spiro atoms. The second-order valence-corrected chi connectivity index (χ2v) is 15.7. The minimum Gasteiger partial charge on any atom is -0.494 e. The van der Waals surface area contributed by atoms with E-state index < -0.39 is 14.1 Å². The van der Waals surface area contributed by atoms with Gasteiger partial charge in [-0.1, -0.05) is 38.2 Å². The molecule has 9 nitrogen and oxygen atoms in total. The molecule has 2 amide bonds. The lowest BCUT2D eigenvalue weighted by Crippen LogP contribution is -2.47. The molecule has 1 aliphatic heterocycles. The van der Waals surface area contributed by atoms with Gasteiger partial charge >= 0.3 is 0 Å². The van der Waals surface area contributed by atoms with Gasteiger partial charge in [-0.05, 0) is 37.4 Å². The van der Waals surface area contributed by atoms with Gasteiger partial charge in [0.1, 0.15) is 24.2 Å². The van der Waals surface area contributed by atoms with Crippen LogP contribution >= 0.6 is 0 Å². The Morgan fingerprint density at radius 2 is 2.09 bits per heavy atom. The van der Waals surface area contributed by atoms with Crippen molar-refractivity contribution in [3.05, 3.63) is 36.0 Å². The predicted octanol–water partition coefficient (Wildman–Crippen LogP) is 3.93. The first-order valence-electron chi connectivity index (χ1n) is 12.2. The van der Waals surface area contributed by atoms with Crippen molar-refractivity contribution in [1.29, 1.82) is 0 Å². The lowest BCUT2D eigenvalue weighted by atomic mass is 10.0. The van der Waals surface area contributed by atoms with Gasteiger partial charge in [0.2, 0.25) is 0 Å². The van der Waals surface area contributed by atoms with Gasteiger partial charge in [-0.25, -0.2) is 9.75 Å². The van der Waals surface area contributed by atoms with E-state index in [1.165, 1.54) is 7.11 Å². The molecule has 192 valence electrons. The van der Waals surface area contributed by atoms with E-state index in [-0.39, 0.29) is 18.5 Å². The minimum absolute atomic E-state index is 0.246. The van der Waals surface area contributed by atoms with Crippen LogP contribution in [0.4, 0.5) is 0 Å². The first-order chi connectivity index (χ1) is 16.7. The molecule has 0 fully saturated rings. The fourth-order valence-electron chi connectivity index (χ4n) is 3.76. The minimum atomic E-state index is -1.21. The van der Waals surface area contributed by atoms with Gasteiger partial charge in [-0.15, -0.1) is 0 Å². The van der Waals surface area contributed by atoms with E-state index in [2.05, 4.69) is 30.1 Å². The predicted molar refractivity (Wildman–Crippen MR) is 137 cm³/mol. The average Bonchev–Trinajstić information content (AvgIpc) is 3.25. The Kier molecular flexibility index (Phi) is 9.47. The maximum atomic E-state index is 13.4. The molecule has 0 saturated carbocycles. The Morgan fingerprint density at radius 1 is 1.29 bits per heavy atom. The fraction of sp³-hybridized carbons (Fsp3) is 0.560. The summed E-state index contributed by atoms with van der Waals surface area (Å²) in [7, 11) is 1.76. The maximum absolute atomic E-state index is 13.4. The van der Waals surface area contributed by atoms with Gasteiger partial charge in [0.25, 0.3) is 11.8 Å². The van der Waals surface area contributed by atoms with Crippen molar-refractivity contribution in [2.75, 3.05) is 27.4 Å². The third-order valence-electron chi connectivity index (χ3n) is 5.93. The standard InChI is InChI=1S/C25H38N4O5Si/c1-28(32-2)25(31)22-12-7-6-8-13-34-20-11-9-10-19(16-20)23-21(24(30)26-22)17-29(27-23)18-33-14-15-35(3,4)5/h9-11,16-17,22H,6-8,12-15,18H2,1-5H3,(H,26,30)/t22-/m0/s1. The summed E-state index contributed by atoms with van der Waals surface area (Å²) < 4.78 is 13.4. The number of rotatable bonds is 7. The Balaban J connectivity index is 1.90. The van der Waals surface area contributed by atoms with Crippen molar-refractivity contribution in [2.24, 2.45) is 0 Å². The van der Waals surface area contributed by atoms with E-state index in [9.17, 15) is 9.59 Å². The second-order valence-electron chi connectivity index (χ2n) is 10.0. The number of hydrogen-bond donors (Lipinski definition) is 1. The summed E-state index contributed by atoms with van der Waals surface area (Å²) in [5.74, 6) is 0.0797. The molecule has 2 heterocycles. The average molecular weight is 503 g/mol. The van der Waals surface area contributed by atoms with Gasteiger partial charge in [0.05, 0.1) is 19.3 Å². The Labute approximate surface area is 208 Å². The van der Waals surface area contributed by atoms with Crippen molar-refractivity contribution in [3.63, 3.8) is 0 Å². The molecule has 35 heavy (non-hydrogen) atoms. The first-order valence-corrected chi connectivity index (χ1v) is 15.9. The molecule has 2 bridgehead atoms. The van der Waals surface area contributed by atoms with E-state index in [0.717, 1.165) is 41.7 Å². The number of amides is 2. The van der Waals surface area contributed by atoms with E-state index in [4.69, 9.17) is 14.3 Å². The van der Waals surface area contributed by atoms with Crippen molar-refractivity contribution in [1.82, 2.24) is 20.2 Å². The number of carbonyl (C=O) groups excluding carboxylic acids is 2. The SMILES string of the molecule is CON(C)C(=O)[C@@H]1CCCCCOc2cccc(c2)-c2nn(COCC[Si](C)(C)C)cc2C(=O)N1. The quantitative estimate of drug-likeness (QED) is 0.350. The Bertz CT molecular complexity index is 1000. The number of carbonyl (C=O) groups is 2. The first kappa shape index (κ1) is 26.9. The highest BCUT2D eigenvalue weighted by molar-refractivity contribution is 6.76. The molecule has 1 aliphatic rings. The number of ether oxygens (including phenoxy) is 2. The number of aromatic nitrogens is 2. The number of hydroxylamine groups is 2. The molecule has 1 atom stereocenters. The number of fused-ring (bicyclic) bond motifs is 4. The van der Waals surface area contributed by atoms with Crippen LogP contribution in [0.3, 0.4) is 0 Å². The van der Waals surface area contributed by atoms with Crippen molar-refractivity contribution < 1.29 is 23.9 Å². The van der Waals surface area contributed by atoms with Crippen LogP contribution in [0.15, 0.2) is 30.5 Å². The van der Waals surface area contributed by atoms with E-state index in [1.807, 2.05) is 24.3 Å². The van der Waals surface area contributed by atoms with E-state index in [0.29, 0.717) is 30.9 Å². The number of benzene rings is 1. The summed E-state index contributed by atoms with van der Waals surface area (Å²) >= 11 is 0. The van der Waals surface area contributed by atoms with E-state index in [1.54, 1.807) is 17.9 Å².